The number of ether oxygens (including phenoxy) is 1. The van der Waals surface area contributed by atoms with E-state index in [4.69, 9.17) is 4.74 Å². The molecule has 0 saturated heterocycles. The second kappa shape index (κ2) is 7.59. The molecule has 0 radical (unpaired) electrons. The molecule has 0 aliphatic heterocycles. The molecule has 6 heteroatoms. The van der Waals surface area contributed by atoms with Crippen LogP contribution in [0, 0.1) is 5.82 Å². The largest absolute Gasteiger partial charge is 0.444 e. The highest BCUT2D eigenvalue weighted by molar-refractivity contribution is 9.10. The molecule has 0 aromatic heterocycles. The molecule has 0 atom stereocenters. The van der Waals surface area contributed by atoms with E-state index in [9.17, 15) is 9.18 Å². The van der Waals surface area contributed by atoms with Crippen LogP contribution in [0.3, 0.4) is 0 Å². The molecule has 0 saturated carbocycles. The SMILES string of the molecule is CC(C)(C)OC(=O)NCCNCc1cc(F)ccc1Br. The van der Waals surface area contributed by atoms with E-state index in [1.807, 2.05) is 20.8 Å². The van der Waals surface area contributed by atoms with Crippen molar-refractivity contribution in [3.05, 3.63) is 34.1 Å². The van der Waals surface area contributed by atoms with Crippen LogP contribution in [0.25, 0.3) is 0 Å². The summed E-state index contributed by atoms with van der Waals surface area (Å²) >= 11 is 3.36. The predicted octanol–water partition coefficient (Wildman–Crippen LogP) is 3.20. The van der Waals surface area contributed by atoms with Crippen LogP contribution in [-0.2, 0) is 11.3 Å². The van der Waals surface area contributed by atoms with Crippen molar-refractivity contribution >= 4 is 22.0 Å². The number of alkyl carbamates (subject to hydrolysis) is 1. The lowest BCUT2D eigenvalue weighted by atomic mass is 10.2. The molecule has 1 aromatic carbocycles. The van der Waals surface area contributed by atoms with Gasteiger partial charge in [-0.25, -0.2) is 9.18 Å². The molecule has 0 fully saturated rings. The third-order valence-electron chi connectivity index (χ3n) is 2.29. The Morgan fingerprint density at radius 1 is 1.35 bits per heavy atom. The van der Waals surface area contributed by atoms with Crippen molar-refractivity contribution in [2.45, 2.75) is 32.9 Å². The third kappa shape index (κ3) is 6.86. The van der Waals surface area contributed by atoms with Crippen molar-refractivity contribution in [2.75, 3.05) is 13.1 Å². The fourth-order valence-corrected chi connectivity index (χ4v) is 1.86. The topological polar surface area (TPSA) is 50.4 Å². The van der Waals surface area contributed by atoms with Gasteiger partial charge in [-0.3, -0.25) is 0 Å². The van der Waals surface area contributed by atoms with Crippen LogP contribution >= 0.6 is 15.9 Å². The molecular formula is C14H20BrFN2O2. The van der Waals surface area contributed by atoms with E-state index in [1.165, 1.54) is 12.1 Å². The Balaban J connectivity index is 2.22. The molecule has 20 heavy (non-hydrogen) atoms. The number of carbonyl (C=O) groups is 1. The zero-order valence-corrected chi connectivity index (χ0v) is 13.5. The van der Waals surface area contributed by atoms with E-state index in [0.29, 0.717) is 19.6 Å². The van der Waals surface area contributed by atoms with E-state index < -0.39 is 11.7 Å². The summed E-state index contributed by atoms with van der Waals surface area (Å²) in [5.41, 5.74) is 0.339. The van der Waals surface area contributed by atoms with Crippen molar-refractivity contribution in [3.8, 4) is 0 Å². The molecule has 1 amide bonds. The number of carbonyl (C=O) groups excluding carboxylic acids is 1. The first-order valence-corrected chi connectivity index (χ1v) is 7.19. The van der Waals surface area contributed by atoms with Gasteiger partial charge < -0.3 is 15.4 Å². The van der Waals surface area contributed by atoms with Crippen molar-refractivity contribution in [1.82, 2.24) is 10.6 Å². The molecule has 0 aliphatic carbocycles. The first kappa shape index (κ1) is 16.9. The second-order valence-corrected chi connectivity index (χ2v) is 6.20. The fourth-order valence-electron chi connectivity index (χ4n) is 1.47. The molecule has 0 unspecified atom stereocenters. The van der Waals surface area contributed by atoms with Gasteiger partial charge >= 0.3 is 6.09 Å². The van der Waals surface area contributed by atoms with Crippen LogP contribution in [0.5, 0.6) is 0 Å². The van der Waals surface area contributed by atoms with Crippen LogP contribution < -0.4 is 10.6 Å². The molecule has 4 nitrogen and oxygen atoms in total. The number of hydrogen-bond acceptors (Lipinski definition) is 3. The van der Waals surface area contributed by atoms with Gasteiger partial charge in [0.05, 0.1) is 0 Å². The Labute approximate surface area is 127 Å². The summed E-state index contributed by atoms with van der Waals surface area (Å²) in [7, 11) is 0. The number of halogens is 2. The summed E-state index contributed by atoms with van der Waals surface area (Å²) in [6.45, 7) is 6.98. The van der Waals surface area contributed by atoms with Crippen molar-refractivity contribution in [3.63, 3.8) is 0 Å². The molecule has 2 N–H and O–H groups in total. The third-order valence-corrected chi connectivity index (χ3v) is 3.07. The molecule has 0 spiro atoms. The Bertz CT molecular complexity index is 461. The van der Waals surface area contributed by atoms with E-state index >= 15 is 0 Å². The minimum atomic E-state index is -0.496. The minimum absolute atomic E-state index is 0.267. The Morgan fingerprint density at radius 2 is 2.05 bits per heavy atom. The lowest BCUT2D eigenvalue weighted by molar-refractivity contribution is 0.0528. The van der Waals surface area contributed by atoms with Gasteiger partial charge in [0.2, 0.25) is 0 Å². The van der Waals surface area contributed by atoms with Gasteiger partial charge in [0.15, 0.2) is 0 Å². The number of rotatable bonds is 5. The maximum Gasteiger partial charge on any atom is 0.407 e. The maximum absolute atomic E-state index is 13.1. The van der Waals surface area contributed by atoms with Crippen LogP contribution in [-0.4, -0.2) is 24.8 Å². The predicted molar refractivity (Wildman–Crippen MR) is 80.0 cm³/mol. The quantitative estimate of drug-likeness (QED) is 0.805. The number of benzene rings is 1. The first-order chi connectivity index (χ1) is 9.28. The van der Waals surface area contributed by atoms with Gasteiger partial charge in [0.1, 0.15) is 11.4 Å². The number of nitrogens with one attached hydrogen (secondary N) is 2. The monoisotopic (exact) mass is 346 g/mol. The van der Waals surface area contributed by atoms with E-state index in [0.717, 1.165) is 10.0 Å². The van der Waals surface area contributed by atoms with Gasteiger partial charge in [-0.15, -0.1) is 0 Å². The Kier molecular flexibility index (Phi) is 6.42. The summed E-state index contributed by atoms with van der Waals surface area (Å²) in [5, 5.41) is 5.76. The first-order valence-electron chi connectivity index (χ1n) is 6.39. The standard InChI is InChI=1S/C14H20BrFN2O2/c1-14(2,3)20-13(19)18-7-6-17-9-10-8-11(16)4-5-12(10)15/h4-5,8,17H,6-7,9H2,1-3H3,(H,18,19). The molecule has 0 bridgehead atoms. The van der Waals surface area contributed by atoms with E-state index in [2.05, 4.69) is 26.6 Å². The Morgan fingerprint density at radius 3 is 2.70 bits per heavy atom. The molecular weight excluding hydrogens is 327 g/mol. The van der Waals surface area contributed by atoms with Crippen LogP contribution in [0.2, 0.25) is 0 Å². The minimum Gasteiger partial charge on any atom is -0.444 e. The highest BCUT2D eigenvalue weighted by atomic mass is 79.9. The van der Waals surface area contributed by atoms with Crippen molar-refractivity contribution in [2.24, 2.45) is 0 Å². The highest BCUT2D eigenvalue weighted by Crippen LogP contribution is 2.17. The van der Waals surface area contributed by atoms with E-state index in [-0.39, 0.29) is 5.82 Å². The van der Waals surface area contributed by atoms with Gasteiger partial charge in [-0.1, -0.05) is 15.9 Å². The van der Waals surface area contributed by atoms with Crippen LogP contribution in [0.1, 0.15) is 26.3 Å². The molecule has 0 heterocycles. The number of hydrogen-bond donors (Lipinski definition) is 2. The fraction of sp³-hybridized carbons (Fsp3) is 0.500. The molecule has 1 aromatic rings. The van der Waals surface area contributed by atoms with Crippen molar-refractivity contribution in [1.29, 1.82) is 0 Å². The lowest BCUT2D eigenvalue weighted by Gasteiger charge is -2.19. The summed E-state index contributed by atoms with van der Waals surface area (Å²) < 4.78 is 19.0. The molecule has 112 valence electrons. The van der Waals surface area contributed by atoms with Crippen molar-refractivity contribution < 1.29 is 13.9 Å². The van der Waals surface area contributed by atoms with Gasteiger partial charge in [0.25, 0.3) is 0 Å². The van der Waals surface area contributed by atoms with Crippen LogP contribution in [0.15, 0.2) is 22.7 Å². The highest BCUT2D eigenvalue weighted by Gasteiger charge is 2.15. The van der Waals surface area contributed by atoms with Gasteiger partial charge in [0, 0.05) is 24.1 Å². The number of amides is 1. The average Bonchev–Trinajstić information content (AvgIpc) is 2.30. The maximum atomic E-state index is 13.1. The summed E-state index contributed by atoms with van der Waals surface area (Å²) in [6, 6.07) is 4.54. The zero-order chi connectivity index (χ0) is 15.2. The normalized spacial score (nSPS) is 11.2. The van der Waals surface area contributed by atoms with Gasteiger partial charge in [-0.2, -0.15) is 0 Å². The summed E-state index contributed by atoms with van der Waals surface area (Å²) in [4.78, 5) is 11.4. The lowest BCUT2D eigenvalue weighted by Crippen LogP contribution is -2.36. The molecule has 1 rings (SSSR count). The summed E-state index contributed by atoms with van der Waals surface area (Å²) in [6.07, 6.45) is -0.439. The smallest absolute Gasteiger partial charge is 0.407 e. The van der Waals surface area contributed by atoms with Crippen LogP contribution in [0.4, 0.5) is 9.18 Å². The van der Waals surface area contributed by atoms with Gasteiger partial charge in [-0.05, 0) is 44.5 Å². The Hall–Kier alpha value is -1.14. The molecule has 0 aliphatic rings. The second-order valence-electron chi connectivity index (χ2n) is 5.34. The average molecular weight is 347 g/mol. The zero-order valence-electron chi connectivity index (χ0n) is 11.9. The van der Waals surface area contributed by atoms with E-state index in [1.54, 1.807) is 6.07 Å². The summed E-state index contributed by atoms with van der Waals surface area (Å²) in [5.74, 6) is -0.267.